The molecular weight excluding hydrogens is 236 g/mol. The van der Waals surface area contributed by atoms with Crippen LogP contribution in [0.25, 0.3) is 0 Å². The Hall–Kier alpha value is -1.96. The number of phenols is 1. The van der Waals surface area contributed by atoms with Gasteiger partial charge in [-0.2, -0.15) is 0 Å². The molecule has 0 fully saturated rings. The second kappa shape index (κ2) is 5.79. The highest BCUT2D eigenvalue weighted by molar-refractivity contribution is 5.46. The third-order valence-electron chi connectivity index (χ3n) is 3.40. The Morgan fingerprint density at radius 2 is 1.68 bits per heavy atom. The molecule has 1 atom stereocenters. The van der Waals surface area contributed by atoms with Gasteiger partial charge in [0.1, 0.15) is 11.5 Å². The monoisotopic (exact) mass is 256 g/mol. The highest BCUT2D eigenvalue weighted by atomic mass is 16.5. The molecule has 0 aromatic heterocycles. The van der Waals surface area contributed by atoms with E-state index in [9.17, 15) is 5.11 Å². The Labute approximate surface area is 114 Å². The van der Waals surface area contributed by atoms with E-state index in [2.05, 4.69) is 26.0 Å². The van der Waals surface area contributed by atoms with E-state index in [4.69, 9.17) is 4.74 Å². The van der Waals surface area contributed by atoms with Gasteiger partial charge in [-0.3, -0.25) is 0 Å². The molecule has 19 heavy (non-hydrogen) atoms. The number of ether oxygens (including phenoxy) is 1. The van der Waals surface area contributed by atoms with Gasteiger partial charge >= 0.3 is 0 Å². The summed E-state index contributed by atoms with van der Waals surface area (Å²) in [4.78, 5) is 0. The minimum atomic E-state index is 0.163. The van der Waals surface area contributed by atoms with Crippen LogP contribution in [0, 0.1) is 5.92 Å². The van der Waals surface area contributed by atoms with Gasteiger partial charge in [-0.15, -0.1) is 0 Å². The number of methoxy groups -OCH3 is 1. The van der Waals surface area contributed by atoms with Crippen molar-refractivity contribution in [2.75, 3.05) is 7.11 Å². The highest BCUT2D eigenvalue weighted by Gasteiger charge is 2.21. The van der Waals surface area contributed by atoms with Crippen LogP contribution in [-0.2, 0) is 0 Å². The Balaban J connectivity index is 2.51. The van der Waals surface area contributed by atoms with Crippen LogP contribution in [0.4, 0.5) is 0 Å². The van der Waals surface area contributed by atoms with Crippen LogP contribution in [0.3, 0.4) is 0 Å². The molecule has 0 amide bonds. The van der Waals surface area contributed by atoms with E-state index in [1.54, 1.807) is 19.2 Å². The molecule has 0 aliphatic rings. The van der Waals surface area contributed by atoms with Crippen LogP contribution in [-0.4, -0.2) is 12.2 Å². The Bertz CT molecular complexity index is 532. The second-order valence-corrected chi connectivity index (χ2v) is 5.06. The van der Waals surface area contributed by atoms with Crippen LogP contribution in [0.15, 0.2) is 48.5 Å². The van der Waals surface area contributed by atoms with E-state index in [1.807, 2.05) is 24.3 Å². The molecule has 2 rings (SSSR count). The Morgan fingerprint density at radius 3 is 2.26 bits per heavy atom. The summed E-state index contributed by atoms with van der Waals surface area (Å²) in [6, 6.07) is 15.7. The van der Waals surface area contributed by atoms with E-state index in [1.165, 1.54) is 5.56 Å². The Kier molecular flexibility index (Phi) is 4.10. The number of hydrogen-bond donors (Lipinski definition) is 1. The van der Waals surface area contributed by atoms with Gasteiger partial charge < -0.3 is 9.84 Å². The molecular formula is C17H20O2. The zero-order valence-corrected chi connectivity index (χ0v) is 11.6. The molecule has 2 aromatic carbocycles. The van der Waals surface area contributed by atoms with E-state index in [0.717, 1.165) is 11.3 Å². The molecule has 100 valence electrons. The molecule has 2 heteroatoms. The lowest BCUT2D eigenvalue weighted by Crippen LogP contribution is -2.09. The number of benzene rings is 2. The van der Waals surface area contributed by atoms with E-state index in [-0.39, 0.29) is 5.92 Å². The zero-order chi connectivity index (χ0) is 13.8. The van der Waals surface area contributed by atoms with Gasteiger partial charge in [-0.1, -0.05) is 44.2 Å². The molecule has 0 spiro atoms. The maximum atomic E-state index is 10.2. The average molecular weight is 256 g/mol. The summed E-state index contributed by atoms with van der Waals surface area (Å²) in [5, 5.41) is 10.2. The first kappa shape index (κ1) is 13.5. The smallest absolute Gasteiger partial charge is 0.119 e. The minimum absolute atomic E-state index is 0.163. The van der Waals surface area contributed by atoms with Gasteiger partial charge in [0.2, 0.25) is 0 Å². The molecule has 2 nitrogen and oxygen atoms in total. The normalized spacial score (nSPS) is 12.4. The average Bonchev–Trinajstić information content (AvgIpc) is 2.42. The summed E-state index contributed by atoms with van der Waals surface area (Å²) in [5.74, 6) is 1.65. The minimum Gasteiger partial charge on any atom is -0.508 e. The van der Waals surface area contributed by atoms with Crippen molar-refractivity contribution in [3.63, 3.8) is 0 Å². The van der Waals surface area contributed by atoms with Crippen molar-refractivity contribution in [1.29, 1.82) is 0 Å². The SMILES string of the molecule is COc1ccc(O)c(C(c2ccccc2)C(C)C)c1. The summed E-state index contributed by atoms with van der Waals surface area (Å²) in [6.07, 6.45) is 0. The molecule has 0 saturated heterocycles. The molecule has 0 heterocycles. The van der Waals surface area contributed by atoms with Crippen LogP contribution in [0.2, 0.25) is 0 Å². The maximum Gasteiger partial charge on any atom is 0.119 e. The number of rotatable bonds is 4. The predicted octanol–water partition coefficient (Wildman–Crippen LogP) is 4.19. The summed E-state index contributed by atoms with van der Waals surface area (Å²) in [6.45, 7) is 4.33. The molecule has 1 N–H and O–H groups in total. The third-order valence-corrected chi connectivity index (χ3v) is 3.40. The van der Waals surface area contributed by atoms with Crippen molar-refractivity contribution in [3.8, 4) is 11.5 Å². The summed E-state index contributed by atoms with van der Waals surface area (Å²) < 4.78 is 5.26. The second-order valence-electron chi connectivity index (χ2n) is 5.06. The van der Waals surface area contributed by atoms with Crippen LogP contribution in [0.5, 0.6) is 11.5 Å². The van der Waals surface area contributed by atoms with Gasteiger partial charge in [-0.05, 0) is 29.7 Å². The molecule has 0 aliphatic heterocycles. The van der Waals surface area contributed by atoms with Gasteiger partial charge in [0, 0.05) is 11.5 Å². The van der Waals surface area contributed by atoms with Crippen LogP contribution in [0.1, 0.15) is 30.9 Å². The van der Waals surface area contributed by atoms with Crippen molar-refractivity contribution in [1.82, 2.24) is 0 Å². The molecule has 1 unspecified atom stereocenters. The zero-order valence-electron chi connectivity index (χ0n) is 11.6. The lowest BCUT2D eigenvalue weighted by Gasteiger charge is -2.23. The van der Waals surface area contributed by atoms with Crippen molar-refractivity contribution in [3.05, 3.63) is 59.7 Å². The van der Waals surface area contributed by atoms with Crippen molar-refractivity contribution in [2.45, 2.75) is 19.8 Å². The quantitative estimate of drug-likeness (QED) is 0.888. The predicted molar refractivity (Wildman–Crippen MR) is 77.8 cm³/mol. The van der Waals surface area contributed by atoms with Crippen molar-refractivity contribution >= 4 is 0 Å². The fourth-order valence-electron chi connectivity index (χ4n) is 2.49. The first-order valence-electron chi connectivity index (χ1n) is 6.55. The van der Waals surface area contributed by atoms with Crippen LogP contribution >= 0.6 is 0 Å². The van der Waals surface area contributed by atoms with E-state index in [0.29, 0.717) is 11.7 Å². The molecule has 2 aromatic rings. The maximum absolute atomic E-state index is 10.2. The van der Waals surface area contributed by atoms with Gasteiger partial charge in [0.05, 0.1) is 7.11 Å². The molecule has 0 radical (unpaired) electrons. The number of hydrogen-bond acceptors (Lipinski definition) is 2. The lowest BCUT2D eigenvalue weighted by molar-refractivity contribution is 0.407. The highest BCUT2D eigenvalue weighted by Crippen LogP contribution is 2.38. The van der Waals surface area contributed by atoms with Gasteiger partial charge in [0.25, 0.3) is 0 Å². The van der Waals surface area contributed by atoms with E-state index >= 15 is 0 Å². The molecule has 0 aliphatic carbocycles. The summed E-state index contributed by atoms with van der Waals surface area (Å²) >= 11 is 0. The van der Waals surface area contributed by atoms with Crippen molar-refractivity contribution in [2.24, 2.45) is 5.92 Å². The fraction of sp³-hybridized carbons (Fsp3) is 0.294. The molecule has 0 bridgehead atoms. The Morgan fingerprint density at radius 1 is 1.00 bits per heavy atom. The van der Waals surface area contributed by atoms with Crippen molar-refractivity contribution < 1.29 is 9.84 Å². The lowest BCUT2D eigenvalue weighted by atomic mass is 9.82. The number of aromatic hydroxyl groups is 1. The standard InChI is InChI=1S/C17H20O2/c1-12(2)17(13-7-5-4-6-8-13)15-11-14(19-3)9-10-16(15)18/h4-12,17-18H,1-3H3. The van der Waals surface area contributed by atoms with E-state index < -0.39 is 0 Å². The fourth-order valence-corrected chi connectivity index (χ4v) is 2.49. The first-order valence-corrected chi connectivity index (χ1v) is 6.55. The largest absolute Gasteiger partial charge is 0.508 e. The van der Waals surface area contributed by atoms with Gasteiger partial charge in [-0.25, -0.2) is 0 Å². The number of phenolic OH excluding ortho intramolecular Hbond substituents is 1. The third kappa shape index (κ3) is 2.90. The van der Waals surface area contributed by atoms with Gasteiger partial charge in [0.15, 0.2) is 0 Å². The summed E-state index contributed by atoms with van der Waals surface area (Å²) in [7, 11) is 1.64. The van der Waals surface area contributed by atoms with Crippen LogP contribution < -0.4 is 4.74 Å². The first-order chi connectivity index (χ1) is 9.13. The summed E-state index contributed by atoms with van der Waals surface area (Å²) in [5.41, 5.74) is 2.13. The molecule has 0 saturated carbocycles. The topological polar surface area (TPSA) is 29.5 Å².